The van der Waals surface area contributed by atoms with Crippen LogP contribution in [0.1, 0.15) is 115 Å². The minimum Gasteiger partial charge on any atom is -0.480 e. The maximum atomic E-state index is 11.9. The number of unbranched alkanes of at least 4 members (excludes halogenated alkanes) is 14. The Morgan fingerprint density at radius 3 is 2.00 bits per heavy atom. The van der Waals surface area contributed by atoms with Crippen molar-refractivity contribution in [3.05, 3.63) is 29.8 Å². The van der Waals surface area contributed by atoms with Gasteiger partial charge in [-0.25, -0.2) is 5.43 Å². The Morgan fingerprint density at radius 2 is 1.44 bits per heavy atom. The fourth-order valence-electron chi connectivity index (χ4n) is 3.72. The molecule has 0 aliphatic heterocycles. The Balaban J connectivity index is 1.95. The molecule has 0 bridgehead atoms. The van der Waals surface area contributed by atoms with Gasteiger partial charge in [0.05, 0.1) is 6.21 Å². The van der Waals surface area contributed by atoms with E-state index in [0.29, 0.717) is 12.2 Å². The lowest BCUT2D eigenvalue weighted by Crippen LogP contribution is -2.17. The monoisotopic (exact) mass is 440 g/mol. The summed E-state index contributed by atoms with van der Waals surface area (Å²) in [5.74, 6) is 3.06. The number of hydrazone groups is 1. The zero-order valence-electron chi connectivity index (χ0n) is 20.2. The highest BCUT2D eigenvalue weighted by molar-refractivity contribution is 5.85. The molecule has 1 N–H and O–H groups in total. The van der Waals surface area contributed by atoms with Crippen LogP contribution in [-0.2, 0) is 4.79 Å². The average Bonchev–Trinajstić information content (AvgIpc) is 2.81. The van der Waals surface area contributed by atoms with Crippen molar-refractivity contribution in [2.24, 2.45) is 5.10 Å². The quantitative estimate of drug-likeness (QED) is 0.0993. The van der Waals surface area contributed by atoms with Crippen LogP contribution in [0.5, 0.6) is 5.75 Å². The van der Waals surface area contributed by atoms with E-state index in [4.69, 9.17) is 11.2 Å². The van der Waals surface area contributed by atoms with Gasteiger partial charge in [-0.15, -0.1) is 6.42 Å². The molecule has 0 saturated carbocycles. The molecule has 0 radical (unpaired) electrons. The van der Waals surface area contributed by atoms with Crippen LogP contribution < -0.4 is 10.2 Å². The van der Waals surface area contributed by atoms with Crippen LogP contribution >= 0.6 is 0 Å². The molecule has 0 aliphatic rings. The SMILES string of the molecule is C#CCOc1ccccc1/C=N\NC(=O)CCCCCCCCCCCCCCCCC. The van der Waals surface area contributed by atoms with E-state index in [2.05, 4.69) is 23.4 Å². The summed E-state index contributed by atoms with van der Waals surface area (Å²) < 4.78 is 5.46. The Bertz CT molecular complexity index is 664. The van der Waals surface area contributed by atoms with Gasteiger partial charge in [0, 0.05) is 12.0 Å². The molecule has 1 aromatic rings. The Labute approximate surface area is 196 Å². The van der Waals surface area contributed by atoms with Crippen molar-refractivity contribution >= 4 is 12.1 Å². The highest BCUT2D eigenvalue weighted by Crippen LogP contribution is 2.16. The van der Waals surface area contributed by atoms with E-state index < -0.39 is 0 Å². The molecular formula is C28H44N2O2. The van der Waals surface area contributed by atoms with Crippen LogP contribution in [0.4, 0.5) is 0 Å². The summed E-state index contributed by atoms with van der Waals surface area (Å²) in [6, 6.07) is 7.46. The molecule has 0 unspecified atom stereocenters. The number of carbonyl (C=O) groups is 1. The van der Waals surface area contributed by atoms with E-state index in [9.17, 15) is 4.79 Å². The van der Waals surface area contributed by atoms with Crippen LogP contribution in [0.2, 0.25) is 0 Å². The highest BCUT2D eigenvalue weighted by atomic mass is 16.5. The maximum absolute atomic E-state index is 11.9. The molecule has 1 rings (SSSR count). The van der Waals surface area contributed by atoms with Crippen molar-refractivity contribution < 1.29 is 9.53 Å². The second kappa shape index (κ2) is 20.6. The fraction of sp³-hybridized carbons (Fsp3) is 0.643. The molecule has 32 heavy (non-hydrogen) atoms. The van der Waals surface area contributed by atoms with Crippen molar-refractivity contribution in [2.45, 2.75) is 110 Å². The molecule has 0 spiro atoms. The predicted molar refractivity (Wildman–Crippen MR) is 136 cm³/mol. The number of hydrogen-bond acceptors (Lipinski definition) is 3. The summed E-state index contributed by atoms with van der Waals surface area (Å²) in [5, 5.41) is 4.04. The lowest BCUT2D eigenvalue weighted by Gasteiger charge is -2.05. The van der Waals surface area contributed by atoms with Gasteiger partial charge in [0.1, 0.15) is 12.4 Å². The van der Waals surface area contributed by atoms with Gasteiger partial charge in [-0.05, 0) is 18.6 Å². The normalized spacial score (nSPS) is 10.9. The Kier molecular flexibility index (Phi) is 17.9. The largest absolute Gasteiger partial charge is 0.480 e. The summed E-state index contributed by atoms with van der Waals surface area (Å²) in [7, 11) is 0. The Morgan fingerprint density at radius 1 is 0.906 bits per heavy atom. The summed E-state index contributed by atoms with van der Waals surface area (Å²) >= 11 is 0. The van der Waals surface area contributed by atoms with Crippen molar-refractivity contribution in [3.8, 4) is 18.1 Å². The number of ether oxygens (including phenoxy) is 1. The Hall–Kier alpha value is -2.28. The third kappa shape index (κ3) is 15.5. The van der Waals surface area contributed by atoms with Crippen molar-refractivity contribution in [3.63, 3.8) is 0 Å². The third-order valence-corrected chi connectivity index (χ3v) is 5.63. The third-order valence-electron chi connectivity index (χ3n) is 5.63. The van der Waals surface area contributed by atoms with E-state index >= 15 is 0 Å². The molecule has 4 heteroatoms. The first kappa shape index (κ1) is 27.8. The minimum atomic E-state index is -0.0435. The minimum absolute atomic E-state index is 0.0435. The molecule has 0 aromatic heterocycles. The van der Waals surface area contributed by atoms with Gasteiger partial charge in [-0.2, -0.15) is 5.10 Å². The van der Waals surface area contributed by atoms with E-state index in [0.717, 1.165) is 18.4 Å². The zero-order valence-corrected chi connectivity index (χ0v) is 20.2. The van der Waals surface area contributed by atoms with E-state index in [1.165, 1.54) is 83.5 Å². The first-order valence-corrected chi connectivity index (χ1v) is 12.7. The first-order chi connectivity index (χ1) is 15.8. The van der Waals surface area contributed by atoms with Gasteiger partial charge in [-0.1, -0.05) is 115 Å². The summed E-state index contributed by atoms with van der Waals surface area (Å²) in [6.07, 6.45) is 27.2. The zero-order chi connectivity index (χ0) is 23.1. The van der Waals surface area contributed by atoms with Crippen molar-refractivity contribution in [1.82, 2.24) is 5.43 Å². The van der Waals surface area contributed by atoms with Gasteiger partial charge in [0.25, 0.3) is 0 Å². The topological polar surface area (TPSA) is 50.7 Å². The van der Waals surface area contributed by atoms with Crippen LogP contribution in [0.25, 0.3) is 0 Å². The molecular weight excluding hydrogens is 396 g/mol. The second-order valence-electron chi connectivity index (χ2n) is 8.52. The maximum Gasteiger partial charge on any atom is 0.240 e. The number of terminal acetylenes is 1. The second-order valence-corrected chi connectivity index (χ2v) is 8.52. The molecule has 178 valence electrons. The van der Waals surface area contributed by atoms with E-state index in [-0.39, 0.29) is 12.5 Å². The number of nitrogens with one attached hydrogen (secondary N) is 1. The number of para-hydroxylation sites is 1. The molecule has 0 saturated heterocycles. The number of rotatable bonds is 20. The van der Waals surface area contributed by atoms with Crippen molar-refractivity contribution in [1.29, 1.82) is 0 Å². The summed E-state index contributed by atoms with van der Waals surface area (Å²) in [4.78, 5) is 11.9. The van der Waals surface area contributed by atoms with Gasteiger partial charge < -0.3 is 4.74 Å². The molecule has 0 aliphatic carbocycles. The summed E-state index contributed by atoms with van der Waals surface area (Å²) in [5.41, 5.74) is 3.39. The van der Waals surface area contributed by atoms with Crippen LogP contribution in [0.3, 0.4) is 0 Å². The number of amides is 1. The standard InChI is InChI=1S/C28H44N2O2/c1-3-5-6-7-8-9-10-11-12-13-14-15-16-17-18-23-28(31)30-29-25-26-21-19-20-22-27(26)32-24-4-2/h2,19-22,25H,3,5-18,23-24H2,1H3,(H,30,31)/b29-25-. The average molecular weight is 441 g/mol. The fourth-order valence-corrected chi connectivity index (χ4v) is 3.72. The van der Waals surface area contributed by atoms with Gasteiger partial charge >= 0.3 is 0 Å². The lowest BCUT2D eigenvalue weighted by molar-refractivity contribution is -0.121. The molecule has 0 atom stereocenters. The van der Waals surface area contributed by atoms with Gasteiger partial charge in [0.15, 0.2) is 0 Å². The molecule has 1 aromatic carbocycles. The van der Waals surface area contributed by atoms with Gasteiger partial charge in [-0.3, -0.25) is 4.79 Å². The smallest absolute Gasteiger partial charge is 0.240 e. The predicted octanol–water partition coefficient (Wildman–Crippen LogP) is 7.41. The number of benzene rings is 1. The van der Waals surface area contributed by atoms with Crippen LogP contribution in [0.15, 0.2) is 29.4 Å². The number of carbonyl (C=O) groups excluding carboxylic acids is 1. The lowest BCUT2D eigenvalue weighted by atomic mass is 10.0. The van der Waals surface area contributed by atoms with E-state index in [1.807, 2.05) is 24.3 Å². The molecule has 0 heterocycles. The summed E-state index contributed by atoms with van der Waals surface area (Å²) in [6.45, 7) is 2.48. The molecule has 4 nitrogen and oxygen atoms in total. The van der Waals surface area contributed by atoms with E-state index in [1.54, 1.807) is 6.21 Å². The first-order valence-electron chi connectivity index (χ1n) is 12.7. The number of nitrogens with zero attached hydrogens (tertiary/aromatic N) is 1. The van der Waals surface area contributed by atoms with Crippen molar-refractivity contribution in [2.75, 3.05) is 6.61 Å². The number of hydrogen-bond donors (Lipinski definition) is 1. The molecule has 1 amide bonds. The van der Waals surface area contributed by atoms with Crippen LogP contribution in [-0.4, -0.2) is 18.7 Å². The van der Waals surface area contributed by atoms with Gasteiger partial charge in [0.2, 0.25) is 5.91 Å². The molecule has 0 fully saturated rings. The highest BCUT2D eigenvalue weighted by Gasteiger charge is 2.02. The van der Waals surface area contributed by atoms with Crippen LogP contribution in [0, 0.1) is 12.3 Å².